The van der Waals surface area contributed by atoms with Crippen LogP contribution in [0.3, 0.4) is 0 Å². The summed E-state index contributed by atoms with van der Waals surface area (Å²) in [6.45, 7) is -0.197. The van der Waals surface area contributed by atoms with E-state index in [1.807, 2.05) is 6.07 Å². The van der Waals surface area contributed by atoms with Crippen molar-refractivity contribution in [2.75, 3.05) is 16.2 Å². The number of hydrogen-bond acceptors (Lipinski definition) is 4. The predicted molar refractivity (Wildman–Crippen MR) is 127 cm³/mol. The monoisotopic (exact) mass is 510 g/mol. The maximum Gasteiger partial charge on any atom is 0.267 e. The van der Waals surface area contributed by atoms with Crippen molar-refractivity contribution < 1.29 is 17.9 Å². The molecule has 1 amide bonds. The van der Waals surface area contributed by atoms with Crippen LogP contribution >= 0.6 is 34.8 Å². The molecule has 3 aromatic rings. The SMILES string of the molecule is O=C(Nc1cc(Cl)c(Cl)cc1Cl)C1CN(S(=O)(=O)Cc2ccccc2)c2ccccc2O1. The number of benzene rings is 3. The molecule has 0 saturated carbocycles. The van der Waals surface area contributed by atoms with Crippen molar-refractivity contribution >= 4 is 62.1 Å². The normalized spacial score (nSPS) is 15.6. The van der Waals surface area contributed by atoms with Gasteiger partial charge in [0.05, 0.1) is 38.7 Å². The van der Waals surface area contributed by atoms with Crippen LogP contribution < -0.4 is 14.4 Å². The third-order valence-corrected chi connectivity index (χ3v) is 7.57. The molecular weight excluding hydrogens is 495 g/mol. The molecule has 0 aliphatic carbocycles. The minimum absolute atomic E-state index is 0.192. The first-order chi connectivity index (χ1) is 15.2. The van der Waals surface area contributed by atoms with Crippen molar-refractivity contribution in [1.29, 1.82) is 0 Å². The zero-order valence-electron chi connectivity index (χ0n) is 16.5. The minimum atomic E-state index is -3.80. The van der Waals surface area contributed by atoms with Crippen molar-refractivity contribution in [3.05, 3.63) is 87.4 Å². The van der Waals surface area contributed by atoms with Gasteiger partial charge in [0.1, 0.15) is 5.75 Å². The molecule has 1 aliphatic heterocycles. The highest BCUT2D eigenvalue weighted by molar-refractivity contribution is 7.92. The molecule has 1 unspecified atom stereocenters. The Hall–Kier alpha value is -2.45. The van der Waals surface area contributed by atoms with E-state index in [9.17, 15) is 13.2 Å². The summed E-state index contributed by atoms with van der Waals surface area (Å²) in [5.74, 6) is -0.495. The van der Waals surface area contributed by atoms with E-state index in [1.165, 1.54) is 16.4 Å². The quantitative estimate of drug-likeness (QED) is 0.467. The number of amides is 1. The van der Waals surface area contributed by atoms with E-state index in [0.717, 1.165) is 0 Å². The standard InChI is InChI=1S/C22H17Cl3N2O4S/c23-15-10-17(25)18(11-16(15)24)26-22(28)21-12-27(19-8-4-5-9-20(19)31-21)32(29,30)13-14-6-2-1-3-7-14/h1-11,21H,12-13H2,(H,26,28). The molecule has 3 aromatic carbocycles. The maximum absolute atomic E-state index is 13.3. The third-order valence-electron chi connectivity index (χ3n) is 4.82. The number of rotatable bonds is 5. The lowest BCUT2D eigenvalue weighted by atomic mass is 10.2. The summed E-state index contributed by atoms with van der Waals surface area (Å²) < 4.78 is 33.6. The number of halogens is 3. The predicted octanol–water partition coefficient (Wildman–Crippen LogP) is 5.38. The third kappa shape index (κ3) is 4.81. The number of nitrogens with zero attached hydrogens (tertiary/aromatic N) is 1. The van der Waals surface area contributed by atoms with Gasteiger partial charge in [-0.15, -0.1) is 0 Å². The molecule has 0 radical (unpaired) electrons. The number of fused-ring (bicyclic) bond motifs is 1. The van der Waals surface area contributed by atoms with E-state index in [1.54, 1.807) is 48.5 Å². The second kappa shape index (κ2) is 9.19. The fraction of sp³-hybridized carbons (Fsp3) is 0.136. The van der Waals surface area contributed by atoms with Crippen LogP contribution in [0.2, 0.25) is 15.1 Å². The van der Waals surface area contributed by atoms with Gasteiger partial charge in [-0.25, -0.2) is 8.42 Å². The molecular formula is C22H17Cl3N2O4S. The molecule has 0 aromatic heterocycles. The number of anilines is 2. The fourth-order valence-electron chi connectivity index (χ4n) is 3.30. The Bertz CT molecular complexity index is 1270. The molecule has 4 rings (SSSR count). The van der Waals surface area contributed by atoms with Gasteiger partial charge in [-0.05, 0) is 29.8 Å². The zero-order valence-corrected chi connectivity index (χ0v) is 19.5. The number of hydrogen-bond donors (Lipinski definition) is 1. The number of nitrogens with one attached hydrogen (secondary N) is 1. The zero-order chi connectivity index (χ0) is 22.9. The highest BCUT2D eigenvalue weighted by atomic mass is 35.5. The second-order valence-corrected chi connectivity index (χ2v) is 10.2. The molecule has 6 nitrogen and oxygen atoms in total. The van der Waals surface area contributed by atoms with Crippen LogP contribution in [0.5, 0.6) is 5.75 Å². The summed E-state index contributed by atoms with van der Waals surface area (Å²) in [6, 6.07) is 18.3. The van der Waals surface area contributed by atoms with Crippen LogP contribution in [0, 0.1) is 0 Å². The smallest absolute Gasteiger partial charge is 0.267 e. The maximum atomic E-state index is 13.3. The molecule has 0 bridgehead atoms. The lowest BCUT2D eigenvalue weighted by molar-refractivity contribution is -0.122. The molecule has 1 N–H and O–H groups in total. The Balaban J connectivity index is 1.62. The average molecular weight is 512 g/mol. The van der Waals surface area contributed by atoms with Gasteiger partial charge in [0, 0.05) is 0 Å². The number of para-hydroxylation sites is 2. The number of sulfonamides is 1. The van der Waals surface area contributed by atoms with E-state index in [0.29, 0.717) is 11.3 Å². The van der Waals surface area contributed by atoms with Gasteiger partial charge in [-0.3, -0.25) is 9.10 Å². The van der Waals surface area contributed by atoms with E-state index in [2.05, 4.69) is 5.32 Å². The van der Waals surface area contributed by atoms with Gasteiger partial charge < -0.3 is 10.1 Å². The molecule has 1 atom stereocenters. The molecule has 32 heavy (non-hydrogen) atoms. The summed E-state index contributed by atoms with van der Waals surface area (Å²) in [7, 11) is -3.80. The Morgan fingerprint density at radius 3 is 2.38 bits per heavy atom. The lowest BCUT2D eigenvalue weighted by Crippen LogP contribution is -2.49. The van der Waals surface area contributed by atoms with Crippen molar-refractivity contribution in [2.45, 2.75) is 11.9 Å². The highest BCUT2D eigenvalue weighted by Gasteiger charge is 2.36. The van der Waals surface area contributed by atoms with Gasteiger partial charge >= 0.3 is 0 Å². The van der Waals surface area contributed by atoms with Crippen molar-refractivity contribution in [2.24, 2.45) is 0 Å². The van der Waals surface area contributed by atoms with Crippen LogP contribution in [0.1, 0.15) is 5.56 Å². The van der Waals surface area contributed by atoms with Gasteiger partial charge in [0.25, 0.3) is 5.91 Å². The molecule has 10 heteroatoms. The van der Waals surface area contributed by atoms with Crippen LogP contribution in [0.15, 0.2) is 66.7 Å². The van der Waals surface area contributed by atoms with Gasteiger partial charge in [-0.1, -0.05) is 77.3 Å². The molecule has 0 fully saturated rings. The summed E-state index contributed by atoms with van der Waals surface area (Å²) in [4.78, 5) is 13.0. The molecule has 166 valence electrons. The molecule has 1 aliphatic rings. The van der Waals surface area contributed by atoms with E-state index < -0.39 is 22.0 Å². The topological polar surface area (TPSA) is 75.7 Å². The first kappa shape index (κ1) is 22.7. The number of carbonyl (C=O) groups is 1. The Kier molecular flexibility index (Phi) is 6.53. The Morgan fingerprint density at radius 2 is 1.62 bits per heavy atom. The minimum Gasteiger partial charge on any atom is -0.476 e. The van der Waals surface area contributed by atoms with Gasteiger partial charge in [-0.2, -0.15) is 0 Å². The van der Waals surface area contributed by atoms with Gasteiger partial charge in [0.15, 0.2) is 6.10 Å². The van der Waals surface area contributed by atoms with Crippen molar-refractivity contribution in [3.63, 3.8) is 0 Å². The lowest BCUT2D eigenvalue weighted by Gasteiger charge is -2.34. The number of carbonyl (C=O) groups excluding carboxylic acids is 1. The summed E-state index contributed by atoms with van der Waals surface area (Å²) >= 11 is 18.1. The van der Waals surface area contributed by atoms with E-state index in [-0.39, 0.29) is 38.8 Å². The van der Waals surface area contributed by atoms with Crippen molar-refractivity contribution in [3.8, 4) is 5.75 Å². The summed E-state index contributed by atoms with van der Waals surface area (Å²) in [5, 5.41) is 3.29. The van der Waals surface area contributed by atoms with Crippen LogP contribution in [-0.4, -0.2) is 27.0 Å². The van der Waals surface area contributed by atoms with Crippen LogP contribution in [0.25, 0.3) is 0 Å². The van der Waals surface area contributed by atoms with Crippen LogP contribution in [0.4, 0.5) is 11.4 Å². The van der Waals surface area contributed by atoms with E-state index in [4.69, 9.17) is 39.5 Å². The largest absolute Gasteiger partial charge is 0.476 e. The highest BCUT2D eigenvalue weighted by Crippen LogP contribution is 2.37. The van der Waals surface area contributed by atoms with E-state index >= 15 is 0 Å². The number of ether oxygens (including phenoxy) is 1. The first-order valence-corrected chi connectivity index (χ1v) is 12.2. The van der Waals surface area contributed by atoms with Gasteiger partial charge in [0.2, 0.25) is 10.0 Å². The average Bonchev–Trinajstić information content (AvgIpc) is 2.77. The second-order valence-electron chi connectivity index (χ2n) is 7.08. The van der Waals surface area contributed by atoms with Crippen molar-refractivity contribution in [1.82, 2.24) is 0 Å². The summed E-state index contributed by atoms with van der Waals surface area (Å²) in [6.07, 6.45) is -1.11. The molecule has 1 heterocycles. The van der Waals surface area contributed by atoms with Crippen LogP contribution in [-0.2, 0) is 20.6 Å². The first-order valence-electron chi connectivity index (χ1n) is 9.50. The fourth-order valence-corrected chi connectivity index (χ4v) is 5.47. The molecule has 0 saturated heterocycles. The Labute approximate surface area is 200 Å². The Morgan fingerprint density at radius 1 is 0.969 bits per heavy atom. The summed E-state index contributed by atoms with van der Waals surface area (Å²) in [5.41, 5.74) is 1.26. The molecule has 0 spiro atoms.